The Morgan fingerprint density at radius 2 is 1.97 bits per heavy atom. The molecule has 1 unspecified atom stereocenters. The molecule has 0 saturated heterocycles. The first-order valence-corrected chi connectivity index (χ1v) is 10.4. The summed E-state index contributed by atoms with van der Waals surface area (Å²) < 4.78 is 2.40. The average Bonchev–Trinajstić information content (AvgIpc) is 3.44. The van der Waals surface area contributed by atoms with E-state index in [9.17, 15) is 10.3 Å². The van der Waals surface area contributed by atoms with Crippen molar-refractivity contribution in [2.45, 2.75) is 18.9 Å². The molecule has 5 aromatic heterocycles. The molecule has 166 valence electrons. The van der Waals surface area contributed by atoms with Crippen LogP contribution in [0.2, 0.25) is 0 Å². The van der Waals surface area contributed by atoms with E-state index < -0.39 is 5.60 Å². The van der Waals surface area contributed by atoms with Crippen LogP contribution in [0, 0.1) is 5.21 Å². The molecular weight excluding hydrogens is 420 g/mol. The van der Waals surface area contributed by atoms with Crippen LogP contribution in [0.15, 0.2) is 61.4 Å². The van der Waals surface area contributed by atoms with Crippen molar-refractivity contribution < 1.29 is 9.84 Å². The molecule has 1 atom stereocenters. The molecule has 0 amide bonds. The van der Waals surface area contributed by atoms with Gasteiger partial charge in [-0.2, -0.15) is 9.83 Å². The number of aliphatic hydroxyl groups is 1. The Morgan fingerprint density at radius 1 is 1.18 bits per heavy atom. The zero-order valence-corrected chi connectivity index (χ0v) is 18.1. The highest BCUT2D eigenvalue weighted by atomic mass is 16.5. The Labute approximate surface area is 189 Å². The number of nitrogens with one attached hydrogen (secondary N) is 1. The van der Waals surface area contributed by atoms with Gasteiger partial charge >= 0.3 is 0 Å². The third kappa shape index (κ3) is 3.56. The van der Waals surface area contributed by atoms with Crippen molar-refractivity contribution in [2.75, 3.05) is 5.73 Å². The summed E-state index contributed by atoms with van der Waals surface area (Å²) in [6.07, 6.45) is 10.3. The summed E-state index contributed by atoms with van der Waals surface area (Å²) in [6, 6.07) is 6.88. The molecule has 5 rings (SSSR count). The number of H-pyrrole nitrogens is 1. The third-order valence-electron chi connectivity index (χ3n) is 5.80. The topological polar surface area (TPSA) is 145 Å². The Balaban J connectivity index is 1.64. The van der Waals surface area contributed by atoms with Crippen LogP contribution in [0.4, 0.5) is 5.95 Å². The standard InChI is InChI=1S/C23H22N8O2/c1-3-23(32,16-4-6-31(33)7-5-16)20-9-19(28-22(24)29-20)18-12-26-21-17(18)8-14(10-25-21)15-11-27-30(2)13-15/h4-13,32H,3H2,1-2H3,(H,25,26)(H2,24,28,29). The minimum absolute atomic E-state index is 0.0370. The van der Waals surface area contributed by atoms with Crippen LogP contribution < -0.4 is 10.5 Å². The second kappa shape index (κ2) is 7.68. The number of fused-ring (bicyclic) bond motifs is 1. The number of nitrogen functional groups attached to an aromatic ring is 1. The summed E-state index contributed by atoms with van der Waals surface area (Å²) in [7, 11) is 1.86. The molecule has 10 heteroatoms. The Kier molecular flexibility index (Phi) is 4.79. The van der Waals surface area contributed by atoms with Crippen molar-refractivity contribution in [2.24, 2.45) is 7.05 Å². The van der Waals surface area contributed by atoms with Crippen LogP contribution in [0.5, 0.6) is 0 Å². The van der Waals surface area contributed by atoms with Gasteiger partial charge in [-0.25, -0.2) is 15.0 Å². The fourth-order valence-electron chi connectivity index (χ4n) is 3.98. The number of aromatic nitrogens is 7. The van der Waals surface area contributed by atoms with Gasteiger partial charge < -0.3 is 21.0 Å². The number of nitrogens with zero attached hydrogens (tertiary/aromatic N) is 6. The van der Waals surface area contributed by atoms with Crippen LogP contribution in [-0.4, -0.2) is 34.8 Å². The van der Waals surface area contributed by atoms with Crippen LogP contribution in [0.3, 0.4) is 0 Å². The molecule has 0 radical (unpaired) electrons. The van der Waals surface area contributed by atoms with Crippen LogP contribution in [0.25, 0.3) is 33.4 Å². The predicted octanol–water partition coefficient (Wildman–Crippen LogP) is 2.28. The van der Waals surface area contributed by atoms with Crippen molar-refractivity contribution in [3.63, 3.8) is 0 Å². The number of hydrogen-bond donors (Lipinski definition) is 3. The highest BCUT2D eigenvalue weighted by Crippen LogP contribution is 2.35. The minimum atomic E-state index is -1.44. The lowest BCUT2D eigenvalue weighted by Crippen LogP contribution is -2.31. The first kappa shape index (κ1) is 20.6. The van der Waals surface area contributed by atoms with Crippen LogP contribution in [0.1, 0.15) is 24.6 Å². The number of pyridine rings is 2. The molecule has 0 spiro atoms. The van der Waals surface area contributed by atoms with Gasteiger partial charge in [0, 0.05) is 65.4 Å². The van der Waals surface area contributed by atoms with Crippen molar-refractivity contribution in [3.8, 4) is 22.4 Å². The van der Waals surface area contributed by atoms with Gasteiger partial charge in [0.2, 0.25) is 5.95 Å². The molecule has 5 aromatic rings. The second-order valence-corrected chi connectivity index (χ2v) is 7.88. The summed E-state index contributed by atoms with van der Waals surface area (Å²) in [5.41, 5.74) is 9.41. The number of anilines is 1. The smallest absolute Gasteiger partial charge is 0.220 e. The zero-order chi connectivity index (χ0) is 23.2. The van der Waals surface area contributed by atoms with Gasteiger partial charge in [0.1, 0.15) is 11.2 Å². The molecule has 0 aliphatic carbocycles. The number of nitrogens with two attached hydrogens (primary N) is 1. The summed E-state index contributed by atoms with van der Waals surface area (Å²) in [6.45, 7) is 1.84. The number of rotatable bonds is 5. The van der Waals surface area contributed by atoms with Crippen molar-refractivity contribution >= 4 is 17.0 Å². The average molecular weight is 442 g/mol. The van der Waals surface area contributed by atoms with Gasteiger partial charge in [-0.1, -0.05) is 6.92 Å². The van der Waals surface area contributed by atoms with Crippen molar-refractivity contribution in [3.05, 3.63) is 77.9 Å². The maximum Gasteiger partial charge on any atom is 0.220 e. The van der Waals surface area contributed by atoms with E-state index in [1.807, 2.05) is 32.4 Å². The highest BCUT2D eigenvalue weighted by Gasteiger charge is 2.33. The molecule has 33 heavy (non-hydrogen) atoms. The molecule has 4 N–H and O–H groups in total. The summed E-state index contributed by atoms with van der Waals surface area (Å²) in [4.78, 5) is 16.5. The van der Waals surface area contributed by atoms with Gasteiger partial charge in [-0.3, -0.25) is 4.68 Å². The SMILES string of the molecule is CCC(O)(c1cc[n+]([O-])cc1)c1cc(-c2c[nH]c3ncc(-c4cnn(C)c4)cc23)nc(N)n1. The Morgan fingerprint density at radius 3 is 2.67 bits per heavy atom. The lowest BCUT2D eigenvalue weighted by atomic mass is 9.87. The lowest BCUT2D eigenvalue weighted by Gasteiger charge is -2.26. The largest absolute Gasteiger partial charge is 0.619 e. The first-order chi connectivity index (χ1) is 15.9. The van der Waals surface area contributed by atoms with Crippen molar-refractivity contribution in [1.29, 1.82) is 0 Å². The summed E-state index contributed by atoms with van der Waals surface area (Å²) in [5.74, 6) is 0.0370. The Hall–Kier alpha value is -4.31. The van der Waals surface area contributed by atoms with E-state index in [0.717, 1.165) is 22.1 Å². The lowest BCUT2D eigenvalue weighted by molar-refractivity contribution is -0.605. The molecule has 0 bridgehead atoms. The van der Waals surface area contributed by atoms with E-state index in [1.165, 1.54) is 12.4 Å². The van der Waals surface area contributed by atoms with E-state index in [0.29, 0.717) is 33.7 Å². The van der Waals surface area contributed by atoms with Crippen molar-refractivity contribution in [1.82, 2.24) is 29.7 Å². The Bertz CT molecular complexity index is 1460. The predicted molar refractivity (Wildman–Crippen MR) is 122 cm³/mol. The molecule has 0 aliphatic rings. The normalized spacial score (nSPS) is 13.3. The van der Waals surface area contributed by atoms with Gasteiger partial charge in [-0.15, -0.1) is 0 Å². The first-order valence-electron chi connectivity index (χ1n) is 10.4. The molecule has 0 aliphatic heterocycles. The zero-order valence-electron chi connectivity index (χ0n) is 18.1. The molecule has 0 aromatic carbocycles. The maximum atomic E-state index is 11.5. The van der Waals surface area contributed by atoms with Gasteiger partial charge in [0.05, 0.1) is 17.6 Å². The fourth-order valence-corrected chi connectivity index (χ4v) is 3.98. The fraction of sp³-hybridized carbons (Fsp3) is 0.174. The minimum Gasteiger partial charge on any atom is -0.619 e. The van der Waals surface area contributed by atoms with E-state index in [1.54, 1.807) is 35.3 Å². The molecule has 0 fully saturated rings. The second-order valence-electron chi connectivity index (χ2n) is 7.88. The van der Waals surface area contributed by atoms with Gasteiger partial charge in [0.25, 0.3) is 0 Å². The van der Waals surface area contributed by atoms with Gasteiger partial charge in [-0.05, 0) is 18.6 Å². The summed E-state index contributed by atoms with van der Waals surface area (Å²) in [5, 5.41) is 28.1. The van der Waals surface area contributed by atoms with Crippen LogP contribution in [-0.2, 0) is 12.6 Å². The molecule has 0 saturated carbocycles. The number of aromatic amines is 1. The van der Waals surface area contributed by atoms with Gasteiger partial charge in [0.15, 0.2) is 12.4 Å². The monoisotopic (exact) mass is 442 g/mol. The molecule has 10 nitrogen and oxygen atoms in total. The quantitative estimate of drug-likeness (QED) is 0.280. The number of aryl methyl sites for hydroxylation is 1. The van der Waals surface area contributed by atoms with Crippen LogP contribution >= 0.6 is 0 Å². The third-order valence-corrected chi connectivity index (χ3v) is 5.80. The summed E-state index contributed by atoms with van der Waals surface area (Å²) >= 11 is 0. The van der Waals surface area contributed by atoms with E-state index in [2.05, 4.69) is 25.0 Å². The maximum absolute atomic E-state index is 11.5. The highest BCUT2D eigenvalue weighted by molar-refractivity contribution is 5.95. The van der Waals surface area contributed by atoms with E-state index in [-0.39, 0.29) is 5.95 Å². The van der Waals surface area contributed by atoms with E-state index >= 15 is 0 Å². The molecule has 5 heterocycles. The molecular formula is C23H22N8O2. The van der Waals surface area contributed by atoms with E-state index in [4.69, 9.17) is 5.73 Å². The number of hydrogen-bond acceptors (Lipinski definition) is 7.